The van der Waals surface area contributed by atoms with E-state index in [1.165, 1.54) is 11.1 Å². The molecule has 1 aromatic heterocycles. The zero-order valence-corrected chi connectivity index (χ0v) is 9.88. The molecule has 0 fully saturated rings. The fraction of sp³-hybridized carbons (Fsp3) is 0.500. The van der Waals surface area contributed by atoms with Crippen molar-refractivity contribution in [1.82, 2.24) is 0 Å². The van der Waals surface area contributed by atoms with Gasteiger partial charge in [-0.2, -0.15) is 0 Å². The largest absolute Gasteiger partial charge is 0.133 e. The summed E-state index contributed by atoms with van der Waals surface area (Å²) in [4.78, 5) is 0. The summed E-state index contributed by atoms with van der Waals surface area (Å²) in [6, 6.07) is 0. The van der Waals surface area contributed by atoms with Crippen molar-refractivity contribution in [3.63, 3.8) is 0 Å². The number of rotatable bonds is 0. The topological polar surface area (TPSA) is 0 Å². The maximum Gasteiger partial charge on any atom is 0 e. The van der Waals surface area contributed by atoms with Gasteiger partial charge in [0.25, 0.3) is 0 Å². The molecule has 0 bridgehead atoms. The Balaban J connectivity index is 0.000000810. The molecule has 10 heavy (non-hydrogen) atoms. The molecule has 0 aliphatic heterocycles. The van der Waals surface area contributed by atoms with Crippen LogP contribution in [0, 0.1) is 27.7 Å². The van der Waals surface area contributed by atoms with Crippen LogP contribution in [0.15, 0.2) is 0 Å². The van der Waals surface area contributed by atoms with Crippen LogP contribution in [0.3, 0.4) is 0 Å². The maximum absolute atomic E-state index is 2.23. The molecule has 0 nitrogen and oxygen atoms in total. The minimum Gasteiger partial charge on any atom is -0.133 e. The van der Waals surface area contributed by atoms with E-state index in [1.54, 1.807) is 10.6 Å². The van der Waals surface area contributed by atoms with Crippen LogP contribution in [0.2, 0.25) is 0 Å². The minimum atomic E-state index is 0. The van der Waals surface area contributed by atoms with Crippen LogP contribution in [0.4, 0.5) is 0 Å². The third-order valence-electron chi connectivity index (χ3n) is 2.06. The number of aryl methyl sites for hydroxylation is 2. The van der Waals surface area contributed by atoms with Gasteiger partial charge in [-0.15, -0.1) is 8.19 Å². The van der Waals surface area contributed by atoms with Crippen LogP contribution in [-0.4, -0.2) is 0 Å². The van der Waals surface area contributed by atoms with Crippen LogP contribution in [0.25, 0.3) is 0 Å². The number of hydrogen-bond donors (Lipinski definition) is 0. The first kappa shape index (κ1) is 10.7. The minimum absolute atomic E-state index is 0. The van der Waals surface area contributed by atoms with Crippen molar-refractivity contribution in [1.29, 1.82) is 0 Å². The van der Waals surface area contributed by atoms with Gasteiger partial charge in [-0.25, -0.2) is 0 Å². The van der Waals surface area contributed by atoms with Crippen molar-refractivity contribution in [2.24, 2.45) is 0 Å². The van der Waals surface area contributed by atoms with Crippen molar-refractivity contribution in [2.45, 2.75) is 27.7 Å². The van der Waals surface area contributed by atoms with Crippen molar-refractivity contribution >= 4 is 8.19 Å². The van der Waals surface area contributed by atoms with E-state index in [0.717, 1.165) is 8.19 Å². The first-order valence-electron chi connectivity index (χ1n) is 3.25. The average Bonchev–Trinajstić information content (AvgIpc) is 1.98. The van der Waals surface area contributed by atoms with Gasteiger partial charge in [-0.1, -0.05) is 0 Å². The smallest absolute Gasteiger partial charge is 0 e. The van der Waals surface area contributed by atoms with Crippen molar-refractivity contribution in [3.05, 3.63) is 21.7 Å². The molecule has 1 heterocycles. The summed E-state index contributed by atoms with van der Waals surface area (Å²) in [5, 5.41) is 3.15. The normalized spacial score (nSPS) is 9.20. The van der Waals surface area contributed by atoms with Gasteiger partial charge in [-0.3, -0.25) is 0 Å². The Bertz CT molecular complexity index is 203. The Morgan fingerprint density at radius 3 is 1.20 bits per heavy atom. The van der Waals surface area contributed by atoms with Crippen LogP contribution in [0.1, 0.15) is 21.7 Å². The Labute approximate surface area is 83.3 Å². The zero-order valence-electron chi connectivity index (χ0n) is 7.08. The molecule has 1 rings (SSSR count). The van der Waals surface area contributed by atoms with Crippen LogP contribution < -0.4 is 0 Å². The van der Waals surface area contributed by atoms with Gasteiger partial charge in [0.15, 0.2) is 0 Å². The fourth-order valence-electron chi connectivity index (χ4n) is 1.03. The zero-order chi connectivity index (χ0) is 7.02. The van der Waals surface area contributed by atoms with Crippen LogP contribution >= 0.6 is 8.19 Å². The van der Waals surface area contributed by atoms with E-state index in [-0.39, 0.29) is 25.8 Å². The Morgan fingerprint density at radius 2 is 1.10 bits per heavy atom. The molecule has 1 aromatic rings. The molecule has 53 valence electrons. The molecule has 0 saturated carbocycles. The molecule has 0 N–H and O–H groups in total. The van der Waals surface area contributed by atoms with Crippen molar-refractivity contribution in [2.75, 3.05) is 0 Å². The number of hydrogen-bond acceptors (Lipinski definition) is 0. The third-order valence-corrected chi connectivity index (χ3v) is 3.56. The van der Waals surface area contributed by atoms with Crippen LogP contribution in [-0.2, 0) is 25.8 Å². The molecule has 0 unspecified atom stereocenters. The van der Waals surface area contributed by atoms with Crippen molar-refractivity contribution in [3.8, 4) is 0 Å². The molecule has 0 aliphatic carbocycles. The predicted molar refractivity (Wildman–Crippen MR) is 44.9 cm³/mol. The molecule has 0 spiro atoms. The Hall–Kier alpha value is 0.650. The van der Waals surface area contributed by atoms with E-state index in [4.69, 9.17) is 0 Å². The Kier molecular flexibility index (Phi) is 4.13. The van der Waals surface area contributed by atoms with Gasteiger partial charge in [-0.05, 0) is 49.4 Å². The molecule has 0 aromatic carbocycles. The second kappa shape index (κ2) is 3.88. The molecule has 0 aliphatic rings. The van der Waals surface area contributed by atoms with E-state index in [2.05, 4.69) is 27.7 Å². The molecular formula is C8H13PSc. The summed E-state index contributed by atoms with van der Waals surface area (Å²) in [7, 11) is 0.976. The second-order valence-electron chi connectivity index (χ2n) is 2.62. The molecule has 1 radical (unpaired) electrons. The molecular weight excluding hydrogens is 172 g/mol. The fourth-order valence-corrected chi connectivity index (χ4v) is 2.34. The van der Waals surface area contributed by atoms with Crippen molar-refractivity contribution < 1.29 is 25.8 Å². The summed E-state index contributed by atoms with van der Waals surface area (Å²) in [6.45, 7) is 8.89. The predicted octanol–water partition coefficient (Wildman–Crippen LogP) is 2.95. The summed E-state index contributed by atoms with van der Waals surface area (Å²) >= 11 is 0. The van der Waals surface area contributed by atoms with Crippen LogP contribution in [0.5, 0.6) is 0 Å². The van der Waals surface area contributed by atoms with E-state index >= 15 is 0 Å². The summed E-state index contributed by atoms with van der Waals surface area (Å²) in [5.74, 6) is 0. The Morgan fingerprint density at radius 1 is 0.800 bits per heavy atom. The van der Waals surface area contributed by atoms with E-state index in [1.807, 2.05) is 0 Å². The molecule has 0 saturated heterocycles. The summed E-state index contributed by atoms with van der Waals surface area (Å²) in [6.07, 6.45) is 0. The summed E-state index contributed by atoms with van der Waals surface area (Å²) < 4.78 is 0. The average molecular weight is 185 g/mol. The first-order chi connectivity index (χ1) is 4.13. The van der Waals surface area contributed by atoms with Gasteiger partial charge in [0, 0.05) is 25.8 Å². The maximum atomic E-state index is 2.23. The molecule has 0 atom stereocenters. The van der Waals surface area contributed by atoms with Gasteiger partial charge in [0.05, 0.1) is 0 Å². The monoisotopic (exact) mass is 185 g/mol. The quantitative estimate of drug-likeness (QED) is 0.582. The first-order valence-corrected chi connectivity index (χ1v) is 4.25. The standard InChI is InChI=1S/C8H13P.Sc/c1-5-6(2)8(4)9-7(5)3;/h9H,1-4H3;. The van der Waals surface area contributed by atoms with E-state index < -0.39 is 0 Å². The molecule has 0 amide bonds. The van der Waals surface area contributed by atoms with Gasteiger partial charge < -0.3 is 0 Å². The van der Waals surface area contributed by atoms with E-state index in [0.29, 0.717) is 0 Å². The summed E-state index contributed by atoms with van der Waals surface area (Å²) in [5.41, 5.74) is 3.04. The SMILES string of the molecule is Cc1[pH]c(C)c(C)c1C.[Sc]. The third kappa shape index (κ3) is 1.83. The molecule has 2 heteroatoms. The van der Waals surface area contributed by atoms with Gasteiger partial charge in [0.1, 0.15) is 0 Å². The second-order valence-corrected chi connectivity index (χ2v) is 4.38. The van der Waals surface area contributed by atoms with Gasteiger partial charge in [0.2, 0.25) is 0 Å². The van der Waals surface area contributed by atoms with Gasteiger partial charge >= 0.3 is 0 Å². The van der Waals surface area contributed by atoms with E-state index in [9.17, 15) is 0 Å².